The molecule has 0 fully saturated rings. The van der Waals surface area contributed by atoms with Crippen LogP contribution in [0.3, 0.4) is 0 Å². The number of sulfonamides is 1. The van der Waals surface area contributed by atoms with E-state index in [-0.39, 0.29) is 11.5 Å². The number of benzene rings is 2. The molecule has 0 bridgehead atoms. The minimum atomic E-state index is -3.53. The van der Waals surface area contributed by atoms with Crippen LogP contribution in [0.5, 0.6) is 0 Å². The molecule has 1 aliphatic heterocycles. The minimum absolute atomic E-state index is 0.184. The lowest BCUT2D eigenvalue weighted by molar-refractivity contribution is -0.137. The molecule has 0 aromatic heterocycles. The summed E-state index contributed by atoms with van der Waals surface area (Å²) in [7, 11) is -3.53. The molecule has 0 spiro atoms. The molecule has 0 saturated carbocycles. The van der Waals surface area contributed by atoms with Crippen molar-refractivity contribution in [3.05, 3.63) is 70.8 Å². The lowest BCUT2D eigenvalue weighted by Gasteiger charge is -2.01. The Hall–Kier alpha value is -2.64. The fourth-order valence-corrected chi connectivity index (χ4v) is 3.95. The van der Waals surface area contributed by atoms with Crippen molar-refractivity contribution < 1.29 is 17.9 Å². The normalized spacial score (nSPS) is 16.3. The maximum Gasteiger partial charge on any atom is 0.330 e. The minimum Gasteiger partial charge on any atom is -0.462 e. The van der Waals surface area contributed by atoms with Crippen molar-refractivity contribution in [2.75, 3.05) is 13.2 Å². The van der Waals surface area contributed by atoms with Gasteiger partial charge in [0.15, 0.2) is 0 Å². The summed E-state index contributed by atoms with van der Waals surface area (Å²) >= 11 is 5.88. The number of ether oxygens (including phenoxy) is 1. The lowest BCUT2D eigenvalue weighted by atomic mass is 10.2. The summed E-state index contributed by atoms with van der Waals surface area (Å²) in [6.45, 7) is 0.515. The van der Waals surface area contributed by atoms with Gasteiger partial charge < -0.3 is 4.74 Å². The molecule has 140 valence electrons. The van der Waals surface area contributed by atoms with E-state index in [1.54, 1.807) is 42.5 Å². The Labute approximate surface area is 162 Å². The third kappa shape index (κ3) is 4.96. The van der Waals surface area contributed by atoms with Crippen LogP contribution in [0, 0.1) is 0 Å². The van der Waals surface area contributed by atoms with Gasteiger partial charge >= 0.3 is 5.97 Å². The van der Waals surface area contributed by atoms with Gasteiger partial charge in [-0.05, 0) is 35.9 Å². The highest BCUT2D eigenvalue weighted by atomic mass is 35.5. The molecule has 8 heteroatoms. The zero-order chi connectivity index (χ0) is 19.3. The van der Waals surface area contributed by atoms with Crippen molar-refractivity contribution in [3.63, 3.8) is 0 Å². The molecule has 1 heterocycles. The number of hydrogen-bond acceptors (Lipinski definition) is 5. The van der Waals surface area contributed by atoms with Gasteiger partial charge in [0, 0.05) is 29.6 Å². The molecule has 6 nitrogen and oxygen atoms in total. The van der Waals surface area contributed by atoms with E-state index in [1.165, 1.54) is 12.1 Å². The van der Waals surface area contributed by atoms with Crippen molar-refractivity contribution in [1.29, 1.82) is 0 Å². The van der Waals surface area contributed by atoms with Gasteiger partial charge in [-0.3, -0.25) is 9.71 Å². The molecule has 0 unspecified atom stereocenters. The van der Waals surface area contributed by atoms with Crippen LogP contribution in [-0.4, -0.2) is 33.4 Å². The average molecular weight is 405 g/mol. The molecule has 1 N–H and O–H groups in total. The number of hydrogen-bond donors (Lipinski definition) is 1. The van der Waals surface area contributed by atoms with Crippen molar-refractivity contribution >= 4 is 39.5 Å². The molecule has 2 aromatic rings. The number of nitrogens with zero attached hydrogens (tertiary/aromatic N) is 1. The average Bonchev–Trinajstić information content (AvgIpc) is 2.91. The second kappa shape index (κ2) is 8.37. The first-order chi connectivity index (χ1) is 13.0. The fourth-order valence-electron chi connectivity index (χ4n) is 2.50. The zero-order valence-corrected chi connectivity index (χ0v) is 15.8. The van der Waals surface area contributed by atoms with Gasteiger partial charge in [-0.25, -0.2) is 13.2 Å². The third-order valence-corrected chi connectivity index (χ3v) is 5.37. The van der Waals surface area contributed by atoms with Crippen LogP contribution >= 0.6 is 11.6 Å². The third-order valence-electron chi connectivity index (χ3n) is 3.74. The van der Waals surface area contributed by atoms with Crippen LogP contribution in [0.15, 0.2) is 64.5 Å². The molecule has 0 saturated heterocycles. The summed E-state index contributed by atoms with van der Waals surface area (Å²) in [6, 6.07) is 13.8. The van der Waals surface area contributed by atoms with Crippen molar-refractivity contribution in [2.24, 2.45) is 4.99 Å². The van der Waals surface area contributed by atoms with Gasteiger partial charge in [0.2, 0.25) is 0 Å². The van der Waals surface area contributed by atoms with E-state index in [4.69, 9.17) is 16.3 Å². The maximum atomic E-state index is 12.0. The van der Waals surface area contributed by atoms with E-state index in [0.717, 1.165) is 5.56 Å². The molecule has 0 aliphatic carbocycles. The largest absolute Gasteiger partial charge is 0.462 e. The Bertz CT molecular complexity index is 1020. The maximum absolute atomic E-state index is 12.0. The van der Waals surface area contributed by atoms with Crippen LogP contribution < -0.4 is 4.72 Å². The number of aliphatic imine (C=N–C) groups is 1. The van der Waals surface area contributed by atoms with E-state index in [0.29, 0.717) is 29.4 Å². The molecule has 0 radical (unpaired) electrons. The number of rotatable bonds is 6. The number of esters is 1. The van der Waals surface area contributed by atoms with E-state index < -0.39 is 16.0 Å². The fraction of sp³-hybridized carbons (Fsp3) is 0.158. The Morgan fingerprint density at radius 1 is 1.19 bits per heavy atom. The number of amidine groups is 1. The number of halogens is 1. The van der Waals surface area contributed by atoms with Crippen molar-refractivity contribution in [2.45, 2.75) is 11.3 Å². The summed E-state index contributed by atoms with van der Waals surface area (Å²) in [6.07, 6.45) is 3.43. The van der Waals surface area contributed by atoms with Crippen LogP contribution in [0.1, 0.15) is 17.5 Å². The Balaban J connectivity index is 1.47. The highest BCUT2D eigenvalue weighted by Crippen LogP contribution is 2.22. The van der Waals surface area contributed by atoms with Crippen LogP contribution in [0.2, 0.25) is 5.02 Å². The first kappa shape index (κ1) is 19.1. The van der Waals surface area contributed by atoms with Crippen LogP contribution in [-0.2, 0) is 19.6 Å². The Morgan fingerprint density at radius 3 is 2.81 bits per heavy atom. The van der Waals surface area contributed by atoms with Gasteiger partial charge in [-0.2, -0.15) is 0 Å². The first-order valence-corrected chi connectivity index (χ1v) is 10.1. The van der Waals surface area contributed by atoms with Gasteiger partial charge in [-0.1, -0.05) is 35.9 Å². The monoisotopic (exact) mass is 404 g/mol. The van der Waals surface area contributed by atoms with Crippen molar-refractivity contribution in [3.8, 4) is 0 Å². The van der Waals surface area contributed by atoms with Gasteiger partial charge in [0.1, 0.15) is 5.84 Å². The summed E-state index contributed by atoms with van der Waals surface area (Å²) in [5, 5.41) is 0.591. The molecule has 27 heavy (non-hydrogen) atoms. The smallest absolute Gasteiger partial charge is 0.330 e. The van der Waals surface area contributed by atoms with Gasteiger partial charge in [0.25, 0.3) is 10.0 Å². The Kier molecular flexibility index (Phi) is 5.93. The second-order valence-corrected chi connectivity index (χ2v) is 7.83. The van der Waals surface area contributed by atoms with Crippen LogP contribution in [0.25, 0.3) is 6.08 Å². The molecule has 3 rings (SSSR count). The molecular formula is C19H17ClN2O4S. The quantitative estimate of drug-likeness (QED) is 0.455. The standard InChI is InChI=1S/C19H17ClN2O4S/c20-15-6-3-5-14(13-15)9-10-18(23)26-12-4-11-21-19-16-7-1-2-8-17(16)27(24,25)22-19/h1-3,5-10,13H,4,11-12H2,(H,21,22)/b10-9+. The van der Waals surface area contributed by atoms with E-state index in [9.17, 15) is 13.2 Å². The summed E-state index contributed by atoms with van der Waals surface area (Å²) in [5.41, 5.74) is 1.36. The van der Waals surface area contributed by atoms with Gasteiger partial charge in [0.05, 0.1) is 11.5 Å². The number of fused-ring (bicyclic) bond motifs is 1. The molecular weight excluding hydrogens is 388 g/mol. The van der Waals surface area contributed by atoms with Crippen LogP contribution in [0.4, 0.5) is 0 Å². The first-order valence-electron chi connectivity index (χ1n) is 8.23. The lowest BCUT2D eigenvalue weighted by Crippen LogP contribution is -2.22. The molecule has 1 aliphatic rings. The van der Waals surface area contributed by atoms with E-state index >= 15 is 0 Å². The highest BCUT2D eigenvalue weighted by Gasteiger charge is 2.29. The van der Waals surface area contributed by atoms with Crippen molar-refractivity contribution in [1.82, 2.24) is 4.72 Å². The number of carbonyl (C=O) groups is 1. The number of carbonyl (C=O) groups excluding carboxylic acids is 1. The summed E-state index contributed by atoms with van der Waals surface area (Å²) < 4.78 is 31.5. The molecule has 0 atom stereocenters. The molecule has 0 amide bonds. The second-order valence-electron chi connectivity index (χ2n) is 5.74. The Morgan fingerprint density at radius 2 is 2.00 bits per heavy atom. The summed E-state index contributed by atoms with van der Waals surface area (Å²) in [5.74, 6) is -0.146. The highest BCUT2D eigenvalue weighted by molar-refractivity contribution is 7.90. The van der Waals surface area contributed by atoms with E-state index in [2.05, 4.69) is 9.71 Å². The van der Waals surface area contributed by atoms with Gasteiger partial charge in [-0.15, -0.1) is 0 Å². The zero-order valence-electron chi connectivity index (χ0n) is 14.3. The van der Waals surface area contributed by atoms with E-state index in [1.807, 2.05) is 6.07 Å². The predicted octanol–water partition coefficient (Wildman–Crippen LogP) is 3.03. The molecule has 2 aromatic carbocycles. The topological polar surface area (TPSA) is 84.8 Å². The SMILES string of the molecule is O=C(/C=C/c1cccc(Cl)c1)OCCCN=C1NS(=O)(=O)c2ccccc21. The summed E-state index contributed by atoms with van der Waals surface area (Å²) in [4.78, 5) is 16.2. The number of nitrogens with one attached hydrogen (secondary N) is 1. The predicted molar refractivity (Wildman–Crippen MR) is 104 cm³/mol.